The zero-order chi connectivity index (χ0) is 16.1. The third-order valence-corrected chi connectivity index (χ3v) is 4.54. The maximum absolute atomic E-state index is 12.2. The Bertz CT molecular complexity index is 535. The first kappa shape index (κ1) is 15.8. The molecule has 2 amide bonds. The van der Waals surface area contributed by atoms with Crippen molar-refractivity contribution in [2.75, 3.05) is 44.2 Å². The van der Waals surface area contributed by atoms with Crippen molar-refractivity contribution in [2.24, 2.45) is 0 Å². The number of anilines is 1. The minimum Gasteiger partial charge on any atom is -0.368 e. The highest BCUT2D eigenvalue weighted by molar-refractivity contribution is 5.87. The first-order chi connectivity index (χ1) is 11.2. The fourth-order valence-electron chi connectivity index (χ4n) is 3.16. The second-order valence-electron chi connectivity index (χ2n) is 6.07. The number of para-hydroxylation sites is 1. The van der Waals surface area contributed by atoms with Gasteiger partial charge in [0.1, 0.15) is 0 Å². The Morgan fingerprint density at radius 1 is 1.13 bits per heavy atom. The van der Waals surface area contributed by atoms with E-state index in [1.807, 2.05) is 23.1 Å². The summed E-state index contributed by atoms with van der Waals surface area (Å²) in [5.41, 5.74) is 1.19. The predicted molar refractivity (Wildman–Crippen MR) is 89.3 cm³/mol. The van der Waals surface area contributed by atoms with Crippen molar-refractivity contribution in [1.82, 2.24) is 15.5 Å². The van der Waals surface area contributed by atoms with Crippen LogP contribution >= 0.6 is 0 Å². The number of rotatable bonds is 4. The van der Waals surface area contributed by atoms with Gasteiger partial charge in [-0.1, -0.05) is 18.2 Å². The summed E-state index contributed by atoms with van der Waals surface area (Å²) >= 11 is 0. The van der Waals surface area contributed by atoms with Gasteiger partial charge in [-0.05, 0) is 31.5 Å². The quantitative estimate of drug-likeness (QED) is 0.833. The van der Waals surface area contributed by atoms with E-state index in [9.17, 15) is 9.59 Å². The Hall–Kier alpha value is -2.08. The van der Waals surface area contributed by atoms with Crippen LogP contribution in [0, 0.1) is 0 Å². The molecule has 6 heteroatoms. The molecule has 0 bridgehead atoms. The van der Waals surface area contributed by atoms with Crippen LogP contribution in [0.25, 0.3) is 0 Å². The summed E-state index contributed by atoms with van der Waals surface area (Å²) in [6.07, 6.45) is 1.88. The van der Waals surface area contributed by atoms with Gasteiger partial charge >= 0.3 is 0 Å². The molecule has 1 atom stereocenters. The highest BCUT2D eigenvalue weighted by Gasteiger charge is 2.24. The molecule has 2 heterocycles. The van der Waals surface area contributed by atoms with E-state index in [2.05, 4.69) is 27.7 Å². The van der Waals surface area contributed by atoms with Crippen LogP contribution in [0.3, 0.4) is 0 Å². The number of nitrogens with one attached hydrogen (secondary N) is 2. The van der Waals surface area contributed by atoms with Crippen molar-refractivity contribution in [3.63, 3.8) is 0 Å². The molecule has 124 valence electrons. The molecule has 2 saturated heterocycles. The van der Waals surface area contributed by atoms with Crippen LogP contribution in [0.2, 0.25) is 0 Å². The van der Waals surface area contributed by atoms with Crippen molar-refractivity contribution in [1.29, 1.82) is 0 Å². The molecule has 3 rings (SSSR count). The highest BCUT2D eigenvalue weighted by atomic mass is 16.2. The lowest BCUT2D eigenvalue weighted by molar-refractivity contribution is -0.133. The topological polar surface area (TPSA) is 64.7 Å². The summed E-state index contributed by atoms with van der Waals surface area (Å²) in [6, 6.07) is 10.1. The molecular formula is C17H24N4O2. The SMILES string of the molecule is O=C(NCC(=O)N1CCN(c2ccccc2)CC1)C1CCCN1. The summed E-state index contributed by atoms with van der Waals surface area (Å²) in [5, 5.41) is 5.90. The molecule has 0 aliphatic carbocycles. The van der Waals surface area contributed by atoms with Crippen molar-refractivity contribution >= 4 is 17.5 Å². The third-order valence-electron chi connectivity index (χ3n) is 4.54. The van der Waals surface area contributed by atoms with E-state index in [4.69, 9.17) is 0 Å². The van der Waals surface area contributed by atoms with E-state index in [0.717, 1.165) is 32.5 Å². The van der Waals surface area contributed by atoms with Crippen LogP contribution in [0.15, 0.2) is 30.3 Å². The normalized spacial score (nSPS) is 21.3. The smallest absolute Gasteiger partial charge is 0.242 e. The maximum Gasteiger partial charge on any atom is 0.242 e. The first-order valence-corrected chi connectivity index (χ1v) is 8.33. The molecule has 0 aromatic heterocycles. The Balaban J connectivity index is 1.42. The van der Waals surface area contributed by atoms with E-state index < -0.39 is 0 Å². The summed E-state index contributed by atoms with van der Waals surface area (Å²) < 4.78 is 0. The minimum absolute atomic E-state index is 0.00376. The lowest BCUT2D eigenvalue weighted by Crippen LogP contribution is -2.52. The molecule has 6 nitrogen and oxygen atoms in total. The van der Waals surface area contributed by atoms with Crippen molar-refractivity contribution in [2.45, 2.75) is 18.9 Å². The maximum atomic E-state index is 12.2. The Morgan fingerprint density at radius 2 is 1.87 bits per heavy atom. The van der Waals surface area contributed by atoms with E-state index in [1.165, 1.54) is 5.69 Å². The number of benzene rings is 1. The van der Waals surface area contributed by atoms with Gasteiger partial charge in [-0.2, -0.15) is 0 Å². The van der Waals surface area contributed by atoms with Crippen LogP contribution < -0.4 is 15.5 Å². The number of nitrogens with zero attached hydrogens (tertiary/aromatic N) is 2. The average Bonchev–Trinajstić information content (AvgIpc) is 3.15. The predicted octanol–water partition coefficient (Wildman–Crippen LogP) is 0.203. The number of hydrogen-bond donors (Lipinski definition) is 2. The van der Waals surface area contributed by atoms with E-state index in [-0.39, 0.29) is 24.4 Å². The van der Waals surface area contributed by atoms with Crippen LogP contribution in [0.4, 0.5) is 5.69 Å². The minimum atomic E-state index is -0.127. The summed E-state index contributed by atoms with van der Waals surface area (Å²) in [6.45, 7) is 4.04. The van der Waals surface area contributed by atoms with Gasteiger partial charge in [0.25, 0.3) is 0 Å². The zero-order valence-electron chi connectivity index (χ0n) is 13.3. The standard InChI is InChI=1S/C17H24N4O2/c22-16(13-19-17(23)15-7-4-8-18-15)21-11-9-20(10-12-21)14-5-2-1-3-6-14/h1-3,5-6,15,18H,4,7-13H2,(H,19,23). The second-order valence-corrected chi connectivity index (χ2v) is 6.07. The second kappa shape index (κ2) is 7.46. The van der Waals surface area contributed by atoms with Crippen LogP contribution in [0.1, 0.15) is 12.8 Å². The molecule has 23 heavy (non-hydrogen) atoms. The fourth-order valence-corrected chi connectivity index (χ4v) is 3.16. The lowest BCUT2D eigenvalue weighted by atomic mass is 10.2. The third kappa shape index (κ3) is 4.01. The van der Waals surface area contributed by atoms with Gasteiger partial charge in [0.15, 0.2) is 0 Å². The monoisotopic (exact) mass is 316 g/mol. The number of piperazine rings is 1. The van der Waals surface area contributed by atoms with E-state index in [0.29, 0.717) is 13.1 Å². The number of amides is 2. The van der Waals surface area contributed by atoms with Crippen LogP contribution in [-0.4, -0.2) is 62.0 Å². The zero-order valence-corrected chi connectivity index (χ0v) is 13.3. The molecule has 0 radical (unpaired) electrons. The van der Waals surface area contributed by atoms with Crippen molar-refractivity contribution in [3.05, 3.63) is 30.3 Å². The van der Waals surface area contributed by atoms with E-state index in [1.54, 1.807) is 0 Å². The molecule has 1 unspecified atom stereocenters. The molecule has 2 aliphatic heterocycles. The van der Waals surface area contributed by atoms with Gasteiger partial charge < -0.3 is 20.4 Å². The van der Waals surface area contributed by atoms with Gasteiger partial charge in [-0.25, -0.2) is 0 Å². The van der Waals surface area contributed by atoms with Gasteiger partial charge in [-0.3, -0.25) is 9.59 Å². The van der Waals surface area contributed by atoms with Gasteiger partial charge in [0.2, 0.25) is 11.8 Å². The molecular weight excluding hydrogens is 292 g/mol. The fraction of sp³-hybridized carbons (Fsp3) is 0.529. The molecule has 2 aliphatic rings. The summed E-state index contributed by atoms with van der Waals surface area (Å²) in [5.74, 6) is -0.0529. The van der Waals surface area contributed by atoms with E-state index >= 15 is 0 Å². The highest BCUT2D eigenvalue weighted by Crippen LogP contribution is 2.15. The number of carbonyl (C=O) groups is 2. The Labute approximate surface area is 136 Å². The molecule has 2 fully saturated rings. The van der Waals surface area contributed by atoms with Gasteiger partial charge in [-0.15, -0.1) is 0 Å². The molecule has 1 aromatic carbocycles. The van der Waals surface area contributed by atoms with Gasteiger partial charge in [0.05, 0.1) is 12.6 Å². The van der Waals surface area contributed by atoms with Crippen LogP contribution in [-0.2, 0) is 9.59 Å². The summed E-state index contributed by atoms with van der Waals surface area (Å²) in [4.78, 5) is 28.3. The van der Waals surface area contributed by atoms with Crippen molar-refractivity contribution < 1.29 is 9.59 Å². The number of carbonyl (C=O) groups excluding carboxylic acids is 2. The van der Waals surface area contributed by atoms with Crippen molar-refractivity contribution in [3.8, 4) is 0 Å². The average molecular weight is 316 g/mol. The van der Waals surface area contributed by atoms with Gasteiger partial charge in [0, 0.05) is 31.9 Å². The molecule has 1 aromatic rings. The first-order valence-electron chi connectivity index (χ1n) is 8.33. The molecule has 2 N–H and O–H groups in total. The van der Waals surface area contributed by atoms with Crippen LogP contribution in [0.5, 0.6) is 0 Å². The summed E-state index contributed by atoms with van der Waals surface area (Å²) in [7, 11) is 0. The molecule has 0 spiro atoms. The Morgan fingerprint density at radius 3 is 2.52 bits per heavy atom. The number of hydrogen-bond acceptors (Lipinski definition) is 4. The lowest BCUT2D eigenvalue weighted by Gasteiger charge is -2.36. The molecule has 0 saturated carbocycles. The largest absolute Gasteiger partial charge is 0.368 e. The Kier molecular flexibility index (Phi) is 5.12.